The lowest BCUT2D eigenvalue weighted by molar-refractivity contribution is -0.131. The second-order valence-corrected chi connectivity index (χ2v) is 5.33. The number of amides is 1. The van der Waals surface area contributed by atoms with E-state index in [-0.39, 0.29) is 11.9 Å². The van der Waals surface area contributed by atoms with Crippen molar-refractivity contribution in [2.75, 3.05) is 26.2 Å². The molecule has 0 aromatic carbocycles. The highest BCUT2D eigenvalue weighted by Gasteiger charge is 2.22. The maximum atomic E-state index is 12.0. The van der Waals surface area contributed by atoms with Crippen molar-refractivity contribution in [1.29, 1.82) is 0 Å². The number of ether oxygens (including phenoxy) is 1. The van der Waals surface area contributed by atoms with Crippen LogP contribution >= 0.6 is 0 Å². The Morgan fingerprint density at radius 3 is 2.50 bits per heavy atom. The molecule has 18 heavy (non-hydrogen) atoms. The van der Waals surface area contributed by atoms with Crippen LogP contribution in [0.4, 0.5) is 0 Å². The van der Waals surface area contributed by atoms with Crippen LogP contribution in [0.5, 0.6) is 0 Å². The van der Waals surface area contributed by atoms with Crippen molar-refractivity contribution >= 4 is 5.91 Å². The lowest BCUT2D eigenvalue weighted by atomic mass is 10.2. The number of nitrogens with one attached hydrogen (secondary N) is 1. The lowest BCUT2D eigenvalue weighted by Crippen LogP contribution is -2.43. The van der Waals surface area contributed by atoms with Crippen molar-refractivity contribution < 1.29 is 9.53 Å². The van der Waals surface area contributed by atoms with Crippen molar-refractivity contribution in [3.05, 3.63) is 0 Å². The van der Waals surface area contributed by atoms with Crippen LogP contribution in [-0.4, -0.2) is 49.2 Å². The van der Waals surface area contributed by atoms with E-state index in [9.17, 15) is 4.79 Å². The quantitative estimate of drug-likeness (QED) is 0.673. The standard InChI is InChI=1S/C14H28N2O2/c1-12(2)18-11-7-4-8-15-13(3)14(17)16-9-5-6-10-16/h12-13,15H,4-11H2,1-3H3. The molecule has 1 atom stereocenters. The Hall–Kier alpha value is -0.610. The molecule has 106 valence electrons. The fourth-order valence-corrected chi connectivity index (χ4v) is 2.16. The van der Waals surface area contributed by atoms with Gasteiger partial charge in [-0.15, -0.1) is 0 Å². The van der Waals surface area contributed by atoms with Gasteiger partial charge in [-0.2, -0.15) is 0 Å². The van der Waals surface area contributed by atoms with E-state index in [1.165, 1.54) is 0 Å². The van der Waals surface area contributed by atoms with Gasteiger partial charge in [0.2, 0.25) is 5.91 Å². The molecular formula is C14H28N2O2. The van der Waals surface area contributed by atoms with Gasteiger partial charge in [0.15, 0.2) is 0 Å². The van der Waals surface area contributed by atoms with E-state index in [2.05, 4.69) is 19.2 Å². The van der Waals surface area contributed by atoms with E-state index in [0.717, 1.165) is 51.9 Å². The zero-order chi connectivity index (χ0) is 13.4. The molecule has 1 heterocycles. The highest BCUT2D eigenvalue weighted by atomic mass is 16.5. The molecule has 0 bridgehead atoms. The van der Waals surface area contributed by atoms with E-state index in [4.69, 9.17) is 4.74 Å². The Morgan fingerprint density at radius 2 is 1.89 bits per heavy atom. The highest BCUT2D eigenvalue weighted by Crippen LogP contribution is 2.08. The van der Waals surface area contributed by atoms with Crippen molar-refractivity contribution in [1.82, 2.24) is 10.2 Å². The average molecular weight is 256 g/mol. The van der Waals surface area contributed by atoms with E-state index in [1.54, 1.807) is 0 Å². The van der Waals surface area contributed by atoms with Crippen LogP contribution in [-0.2, 0) is 9.53 Å². The third-order valence-electron chi connectivity index (χ3n) is 3.26. The van der Waals surface area contributed by atoms with Gasteiger partial charge in [-0.25, -0.2) is 0 Å². The van der Waals surface area contributed by atoms with Gasteiger partial charge in [0.05, 0.1) is 12.1 Å². The number of carbonyl (C=O) groups excluding carboxylic acids is 1. The first-order valence-electron chi connectivity index (χ1n) is 7.25. The predicted molar refractivity (Wildman–Crippen MR) is 73.6 cm³/mol. The molecule has 1 aliphatic rings. The summed E-state index contributed by atoms with van der Waals surface area (Å²) in [6.45, 7) is 9.64. The smallest absolute Gasteiger partial charge is 0.239 e. The summed E-state index contributed by atoms with van der Waals surface area (Å²) in [5.41, 5.74) is 0. The number of hydrogen-bond acceptors (Lipinski definition) is 3. The third kappa shape index (κ3) is 5.83. The molecule has 0 saturated carbocycles. The number of likely N-dealkylation sites (tertiary alicyclic amines) is 1. The zero-order valence-electron chi connectivity index (χ0n) is 12.1. The summed E-state index contributed by atoms with van der Waals surface area (Å²) in [4.78, 5) is 14.0. The van der Waals surface area contributed by atoms with Gasteiger partial charge in [0.1, 0.15) is 0 Å². The molecule has 1 aliphatic heterocycles. The SMILES string of the molecule is CC(C)OCCCCNC(C)C(=O)N1CCCC1. The van der Waals surface area contributed by atoms with Gasteiger partial charge in [0.25, 0.3) is 0 Å². The summed E-state index contributed by atoms with van der Waals surface area (Å²) >= 11 is 0. The molecule has 0 spiro atoms. The maximum Gasteiger partial charge on any atom is 0.239 e. The molecule has 0 aliphatic carbocycles. The summed E-state index contributed by atoms with van der Waals surface area (Å²) in [5.74, 6) is 0.255. The fourth-order valence-electron chi connectivity index (χ4n) is 2.16. The second kappa shape index (κ2) is 8.48. The van der Waals surface area contributed by atoms with E-state index in [0.29, 0.717) is 6.10 Å². The minimum atomic E-state index is -0.0471. The molecule has 0 aromatic rings. The molecule has 4 heteroatoms. The van der Waals surface area contributed by atoms with Gasteiger partial charge in [0, 0.05) is 19.7 Å². The van der Waals surface area contributed by atoms with E-state index < -0.39 is 0 Å². The van der Waals surface area contributed by atoms with Crippen LogP contribution in [0.1, 0.15) is 46.5 Å². The van der Waals surface area contributed by atoms with Crippen LogP contribution in [0.3, 0.4) is 0 Å². The fraction of sp³-hybridized carbons (Fsp3) is 0.929. The Labute approximate surface area is 111 Å². The minimum absolute atomic E-state index is 0.0471. The van der Waals surface area contributed by atoms with Crippen LogP contribution in [0.2, 0.25) is 0 Å². The number of carbonyl (C=O) groups is 1. The molecule has 4 nitrogen and oxygen atoms in total. The van der Waals surface area contributed by atoms with Gasteiger partial charge < -0.3 is 15.0 Å². The van der Waals surface area contributed by atoms with Crippen molar-refractivity contribution in [2.24, 2.45) is 0 Å². The minimum Gasteiger partial charge on any atom is -0.379 e. The van der Waals surface area contributed by atoms with E-state index in [1.807, 2.05) is 11.8 Å². The molecule has 1 fully saturated rings. The Bertz CT molecular complexity index is 238. The Balaban J connectivity index is 2.02. The first-order chi connectivity index (χ1) is 8.61. The molecule has 1 saturated heterocycles. The zero-order valence-corrected chi connectivity index (χ0v) is 12.1. The largest absolute Gasteiger partial charge is 0.379 e. The summed E-state index contributed by atoms with van der Waals surface area (Å²) < 4.78 is 5.47. The Morgan fingerprint density at radius 1 is 1.22 bits per heavy atom. The van der Waals surface area contributed by atoms with Gasteiger partial charge >= 0.3 is 0 Å². The van der Waals surface area contributed by atoms with Gasteiger partial charge in [-0.1, -0.05) is 0 Å². The lowest BCUT2D eigenvalue weighted by Gasteiger charge is -2.21. The maximum absolute atomic E-state index is 12.0. The summed E-state index contributed by atoms with van der Waals surface area (Å²) in [7, 11) is 0. The van der Waals surface area contributed by atoms with Crippen molar-refractivity contribution in [2.45, 2.75) is 58.6 Å². The van der Waals surface area contributed by atoms with Crippen LogP contribution in [0.15, 0.2) is 0 Å². The second-order valence-electron chi connectivity index (χ2n) is 5.33. The van der Waals surface area contributed by atoms with Crippen LogP contribution < -0.4 is 5.32 Å². The average Bonchev–Trinajstić information content (AvgIpc) is 2.85. The first-order valence-corrected chi connectivity index (χ1v) is 7.25. The monoisotopic (exact) mass is 256 g/mol. The van der Waals surface area contributed by atoms with Crippen LogP contribution in [0.25, 0.3) is 0 Å². The number of unbranched alkanes of at least 4 members (excludes halogenated alkanes) is 1. The first kappa shape index (κ1) is 15.4. The number of hydrogen-bond donors (Lipinski definition) is 1. The van der Waals surface area contributed by atoms with Crippen molar-refractivity contribution in [3.63, 3.8) is 0 Å². The molecule has 1 amide bonds. The summed E-state index contributed by atoms with van der Waals surface area (Å²) in [6.07, 6.45) is 4.74. The molecule has 1 rings (SSSR count). The Kier molecular flexibility index (Phi) is 7.28. The normalized spacial score (nSPS) is 17.4. The number of rotatable bonds is 8. The molecule has 0 radical (unpaired) electrons. The number of nitrogens with zero attached hydrogens (tertiary/aromatic N) is 1. The predicted octanol–water partition coefficient (Wildman–Crippen LogP) is 1.79. The highest BCUT2D eigenvalue weighted by molar-refractivity contribution is 5.81. The van der Waals surface area contributed by atoms with Crippen LogP contribution in [0, 0.1) is 0 Å². The van der Waals surface area contributed by atoms with Gasteiger partial charge in [-0.3, -0.25) is 4.79 Å². The summed E-state index contributed by atoms with van der Waals surface area (Å²) in [6, 6.07) is -0.0471. The van der Waals surface area contributed by atoms with Gasteiger partial charge in [-0.05, 0) is 53.0 Å². The van der Waals surface area contributed by atoms with E-state index >= 15 is 0 Å². The third-order valence-corrected chi connectivity index (χ3v) is 3.26. The molecule has 1 N–H and O–H groups in total. The molecular weight excluding hydrogens is 228 g/mol. The topological polar surface area (TPSA) is 41.6 Å². The molecule has 1 unspecified atom stereocenters. The van der Waals surface area contributed by atoms with Crippen molar-refractivity contribution in [3.8, 4) is 0 Å². The molecule has 0 aromatic heterocycles. The summed E-state index contributed by atoms with van der Waals surface area (Å²) in [5, 5.41) is 3.30.